The van der Waals surface area contributed by atoms with Crippen molar-refractivity contribution < 1.29 is 9.13 Å². The molecular weight excluding hydrogens is 303 g/mol. The Morgan fingerprint density at radius 3 is 2.50 bits per heavy atom. The van der Waals surface area contributed by atoms with Gasteiger partial charge < -0.3 is 14.5 Å². The van der Waals surface area contributed by atoms with E-state index in [0.717, 1.165) is 51.1 Å². The van der Waals surface area contributed by atoms with Crippen LogP contribution in [0, 0.1) is 5.82 Å². The predicted molar refractivity (Wildman–Crippen MR) is 95.2 cm³/mol. The van der Waals surface area contributed by atoms with Crippen LogP contribution < -0.4 is 4.74 Å². The third-order valence-electron chi connectivity index (χ3n) is 4.50. The summed E-state index contributed by atoms with van der Waals surface area (Å²) in [5.41, 5.74) is 1.12. The predicted octanol–water partition coefficient (Wildman–Crippen LogP) is 3.80. The third-order valence-corrected chi connectivity index (χ3v) is 4.50. The first-order valence-corrected chi connectivity index (χ1v) is 8.63. The highest BCUT2D eigenvalue weighted by Crippen LogP contribution is 2.25. The summed E-state index contributed by atoms with van der Waals surface area (Å²) in [6, 6.07) is 14.5. The van der Waals surface area contributed by atoms with Crippen molar-refractivity contribution in [3.63, 3.8) is 0 Å². The zero-order valence-electron chi connectivity index (χ0n) is 14.2. The van der Waals surface area contributed by atoms with Crippen molar-refractivity contribution in [2.45, 2.75) is 12.8 Å². The van der Waals surface area contributed by atoms with E-state index in [2.05, 4.69) is 16.8 Å². The fraction of sp³-hybridized carbons (Fsp3) is 0.400. The maximum atomic E-state index is 14.0. The number of piperazine rings is 1. The summed E-state index contributed by atoms with van der Waals surface area (Å²) in [5, 5.41) is 0. The molecule has 0 saturated carbocycles. The van der Waals surface area contributed by atoms with Gasteiger partial charge in [0, 0.05) is 26.2 Å². The number of ether oxygens (including phenoxy) is 1. The average Bonchev–Trinajstić information content (AvgIpc) is 2.60. The fourth-order valence-corrected chi connectivity index (χ4v) is 2.98. The lowest BCUT2D eigenvalue weighted by Crippen LogP contribution is -2.44. The lowest BCUT2D eigenvalue weighted by molar-refractivity contribution is 0.153. The number of halogens is 1. The van der Waals surface area contributed by atoms with Crippen LogP contribution in [0.5, 0.6) is 11.5 Å². The second kappa shape index (κ2) is 8.27. The van der Waals surface area contributed by atoms with E-state index in [9.17, 15) is 4.39 Å². The minimum atomic E-state index is -0.318. The highest BCUT2D eigenvalue weighted by Gasteiger charge is 2.13. The van der Waals surface area contributed by atoms with E-state index in [1.165, 1.54) is 6.07 Å². The first kappa shape index (κ1) is 16.9. The van der Waals surface area contributed by atoms with Gasteiger partial charge in [0.1, 0.15) is 5.75 Å². The third kappa shape index (κ3) is 4.79. The molecule has 0 aromatic heterocycles. The van der Waals surface area contributed by atoms with Gasteiger partial charge in [-0.05, 0) is 56.3 Å². The van der Waals surface area contributed by atoms with Crippen LogP contribution in [0.1, 0.15) is 12.0 Å². The van der Waals surface area contributed by atoms with Crippen LogP contribution in [0.4, 0.5) is 4.39 Å². The van der Waals surface area contributed by atoms with E-state index in [-0.39, 0.29) is 5.82 Å². The summed E-state index contributed by atoms with van der Waals surface area (Å²) in [4.78, 5) is 4.87. The molecular formula is C20H25FN2O. The molecule has 0 radical (unpaired) electrons. The number of rotatable bonds is 6. The Balaban J connectivity index is 1.53. The van der Waals surface area contributed by atoms with Crippen LogP contribution in [-0.2, 0) is 6.42 Å². The van der Waals surface area contributed by atoms with Gasteiger partial charge in [-0.1, -0.05) is 24.3 Å². The number of benzene rings is 2. The topological polar surface area (TPSA) is 15.7 Å². The smallest absolute Gasteiger partial charge is 0.165 e. The van der Waals surface area contributed by atoms with Gasteiger partial charge in [-0.15, -0.1) is 0 Å². The molecule has 128 valence electrons. The zero-order valence-corrected chi connectivity index (χ0v) is 14.2. The summed E-state index contributed by atoms with van der Waals surface area (Å²) < 4.78 is 19.6. The second-order valence-electron chi connectivity index (χ2n) is 6.43. The van der Waals surface area contributed by atoms with Gasteiger partial charge in [-0.25, -0.2) is 4.39 Å². The van der Waals surface area contributed by atoms with Crippen molar-refractivity contribution in [2.24, 2.45) is 0 Å². The highest BCUT2D eigenvalue weighted by atomic mass is 19.1. The molecule has 1 fully saturated rings. The molecule has 1 aliphatic rings. The molecule has 1 saturated heterocycles. The summed E-state index contributed by atoms with van der Waals surface area (Å²) in [6.07, 6.45) is 2.03. The maximum absolute atomic E-state index is 14.0. The number of aryl methyl sites for hydroxylation is 1. The first-order valence-electron chi connectivity index (χ1n) is 8.63. The molecule has 0 spiro atoms. The summed E-state index contributed by atoms with van der Waals surface area (Å²) in [5.74, 6) is 0.644. The van der Waals surface area contributed by atoms with E-state index in [1.54, 1.807) is 0 Å². The number of hydrogen-bond donors (Lipinski definition) is 0. The summed E-state index contributed by atoms with van der Waals surface area (Å²) in [7, 11) is 2.17. The quantitative estimate of drug-likeness (QED) is 0.802. The van der Waals surface area contributed by atoms with Crippen molar-refractivity contribution >= 4 is 0 Å². The van der Waals surface area contributed by atoms with Gasteiger partial charge >= 0.3 is 0 Å². The first-order chi connectivity index (χ1) is 11.7. The number of hydrogen-bond acceptors (Lipinski definition) is 3. The molecule has 2 aromatic carbocycles. The van der Waals surface area contributed by atoms with Crippen LogP contribution >= 0.6 is 0 Å². The van der Waals surface area contributed by atoms with Crippen LogP contribution in [0.15, 0.2) is 48.5 Å². The molecule has 3 nitrogen and oxygen atoms in total. The second-order valence-corrected chi connectivity index (χ2v) is 6.43. The zero-order chi connectivity index (χ0) is 16.8. The Morgan fingerprint density at radius 2 is 1.75 bits per heavy atom. The number of nitrogens with zero attached hydrogens (tertiary/aromatic N) is 2. The molecule has 1 heterocycles. The minimum Gasteiger partial charge on any atom is -0.454 e. The van der Waals surface area contributed by atoms with E-state index >= 15 is 0 Å². The molecule has 0 unspecified atom stereocenters. The summed E-state index contributed by atoms with van der Waals surface area (Å²) >= 11 is 0. The van der Waals surface area contributed by atoms with Crippen molar-refractivity contribution in [3.8, 4) is 11.5 Å². The molecule has 3 rings (SSSR count). The molecule has 4 heteroatoms. The maximum Gasteiger partial charge on any atom is 0.165 e. The molecule has 0 bridgehead atoms. The molecule has 1 aliphatic heterocycles. The SMILES string of the molecule is CN1CCN(CCCc2ccc(F)c(Oc3ccccc3)c2)CC1. The Labute approximate surface area is 143 Å². The van der Waals surface area contributed by atoms with E-state index in [4.69, 9.17) is 4.74 Å². The Kier molecular flexibility index (Phi) is 5.83. The van der Waals surface area contributed by atoms with Crippen molar-refractivity contribution in [1.29, 1.82) is 0 Å². The molecule has 0 N–H and O–H groups in total. The lowest BCUT2D eigenvalue weighted by Gasteiger charge is -2.32. The Bertz CT molecular complexity index is 639. The van der Waals surface area contributed by atoms with Crippen molar-refractivity contribution in [2.75, 3.05) is 39.8 Å². The molecule has 0 aliphatic carbocycles. The Morgan fingerprint density at radius 1 is 1.00 bits per heavy atom. The van der Waals surface area contributed by atoms with Gasteiger partial charge in [0.25, 0.3) is 0 Å². The van der Waals surface area contributed by atoms with Gasteiger partial charge in [0.15, 0.2) is 11.6 Å². The Hall–Kier alpha value is -1.91. The monoisotopic (exact) mass is 328 g/mol. The van der Waals surface area contributed by atoms with Gasteiger partial charge in [-0.3, -0.25) is 0 Å². The summed E-state index contributed by atoms with van der Waals surface area (Å²) in [6.45, 7) is 5.67. The standard InChI is InChI=1S/C20H25FN2O/c1-22-12-14-23(15-13-22)11-5-6-17-9-10-19(21)20(16-17)24-18-7-3-2-4-8-18/h2-4,7-10,16H,5-6,11-15H2,1H3. The van der Waals surface area contributed by atoms with Crippen LogP contribution in [-0.4, -0.2) is 49.6 Å². The van der Waals surface area contributed by atoms with Crippen molar-refractivity contribution in [3.05, 3.63) is 59.9 Å². The molecule has 0 amide bonds. The van der Waals surface area contributed by atoms with E-state index < -0.39 is 0 Å². The minimum absolute atomic E-state index is 0.304. The van der Waals surface area contributed by atoms with Crippen LogP contribution in [0.2, 0.25) is 0 Å². The fourth-order valence-electron chi connectivity index (χ4n) is 2.98. The lowest BCUT2D eigenvalue weighted by atomic mass is 10.1. The van der Waals surface area contributed by atoms with Gasteiger partial charge in [0.05, 0.1) is 0 Å². The van der Waals surface area contributed by atoms with E-state index in [0.29, 0.717) is 11.5 Å². The molecule has 24 heavy (non-hydrogen) atoms. The normalized spacial score (nSPS) is 16.2. The van der Waals surface area contributed by atoms with Crippen LogP contribution in [0.25, 0.3) is 0 Å². The van der Waals surface area contributed by atoms with E-state index in [1.807, 2.05) is 42.5 Å². The average molecular weight is 328 g/mol. The van der Waals surface area contributed by atoms with Gasteiger partial charge in [0.2, 0.25) is 0 Å². The largest absolute Gasteiger partial charge is 0.454 e. The number of para-hydroxylation sites is 1. The number of likely N-dealkylation sites (N-methyl/N-ethyl adjacent to an activating group) is 1. The molecule has 2 aromatic rings. The molecule has 0 atom stereocenters. The van der Waals surface area contributed by atoms with Crippen LogP contribution in [0.3, 0.4) is 0 Å². The van der Waals surface area contributed by atoms with Gasteiger partial charge in [-0.2, -0.15) is 0 Å². The van der Waals surface area contributed by atoms with Crippen molar-refractivity contribution in [1.82, 2.24) is 9.80 Å². The highest BCUT2D eigenvalue weighted by molar-refractivity contribution is 5.35.